The van der Waals surface area contributed by atoms with Crippen LogP contribution in [0.5, 0.6) is 5.75 Å². The van der Waals surface area contributed by atoms with E-state index in [2.05, 4.69) is 39.0 Å². The minimum Gasteiger partial charge on any atom is -0.490 e. The topological polar surface area (TPSA) is 102 Å². The van der Waals surface area contributed by atoms with Crippen LogP contribution in [-0.2, 0) is 6.54 Å². The molecular formula is C31H37N7O2. The van der Waals surface area contributed by atoms with Crippen molar-refractivity contribution in [3.05, 3.63) is 89.0 Å². The largest absolute Gasteiger partial charge is 0.490 e. The fourth-order valence-electron chi connectivity index (χ4n) is 4.87. The first kappa shape index (κ1) is 27.5. The number of nitrogen functional groups attached to an aromatic ring is 1. The SMILES string of the molecule is CN(C)CCN1CCC(COc2cnc(-c3cccc(Cn4nc(-c5cccc(N)c5)ccc4=O)c3)nc2)CC1. The van der Waals surface area contributed by atoms with Crippen molar-refractivity contribution in [2.75, 3.05) is 52.6 Å². The number of anilines is 1. The molecule has 1 aliphatic heterocycles. The molecule has 208 valence electrons. The summed E-state index contributed by atoms with van der Waals surface area (Å²) in [4.78, 5) is 26.4. The van der Waals surface area contributed by atoms with E-state index in [-0.39, 0.29) is 5.56 Å². The molecule has 0 bridgehead atoms. The van der Waals surface area contributed by atoms with Crippen LogP contribution in [0, 0.1) is 5.92 Å². The van der Waals surface area contributed by atoms with Crippen molar-refractivity contribution < 1.29 is 4.74 Å². The summed E-state index contributed by atoms with van der Waals surface area (Å²) in [5.41, 5.74) is 9.76. The van der Waals surface area contributed by atoms with Gasteiger partial charge in [0.15, 0.2) is 11.6 Å². The lowest BCUT2D eigenvalue weighted by Gasteiger charge is -2.32. The lowest BCUT2D eigenvalue weighted by atomic mass is 9.98. The van der Waals surface area contributed by atoms with E-state index < -0.39 is 0 Å². The van der Waals surface area contributed by atoms with E-state index in [1.54, 1.807) is 18.5 Å². The number of hydrogen-bond donors (Lipinski definition) is 1. The average Bonchev–Trinajstić information content (AvgIpc) is 2.97. The number of likely N-dealkylation sites (tertiary alicyclic amines) is 1. The molecule has 5 rings (SSSR count). The average molecular weight is 540 g/mol. The second kappa shape index (κ2) is 12.8. The zero-order valence-corrected chi connectivity index (χ0v) is 23.2. The number of piperidine rings is 1. The summed E-state index contributed by atoms with van der Waals surface area (Å²) in [6.07, 6.45) is 5.78. The highest BCUT2D eigenvalue weighted by Crippen LogP contribution is 2.22. The summed E-state index contributed by atoms with van der Waals surface area (Å²) in [6, 6.07) is 18.6. The zero-order valence-electron chi connectivity index (χ0n) is 23.2. The third kappa shape index (κ3) is 7.31. The van der Waals surface area contributed by atoms with Gasteiger partial charge in [0.05, 0.1) is 31.2 Å². The second-order valence-corrected chi connectivity index (χ2v) is 10.7. The molecule has 0 atom stereocenters. The number of aromatic nitrogens is 4. The summed E-state index contributed by atoms with van der Waals surface area (Å²) in [5.74, 6) is 1.85. The Bertz CT molecular complexity index is 1460. The molecular weight excluding hydrogens is 502 g/mol. The van der Waals surface area contributed by atoms with Gasteiger partial charge in [-0.2, -0.15) is 5.10 Å². The molecule has 1 saturated heterocycles. The maximum absolute atomic E-state index is 12.5. The minimum absolute atomic E-state index is 0.171. The number of likely N-dealkylation sites (N-methyl/N-ethyl adjacent to an activating group) is 1. The molecule has 0 spiro atoms. The van der Waals surface area contributed by atoms with E-state index in [0.717, 1.165) is 55.7 Å². The van der Waals surface area contributed by atoms with Crippen LogP contribution in [0.15, 0.2) is 77.9 Å². The Balaban J connectivity index is 1.19. The molecule has 0 saturated carbocycles. The Kier molecular flexibility index (Phi) is 8.83. The van der Waals surface area contributed by atoms with Crippen LogP contribution < -0.4 is 16.0 Å². The fraction of sp³-hybridized carbons (Fsp3) is 0.355. The predicted molar refractivity (Wildman–Crippen MR) is 158 cm³/mol. The van der Waals surface area contributed by atoms with Crippen molar-refractivity contribution in [1.29, 1.82) is 0 Å². The van der Waals surface area contributed by atoms with Crippen LogP contribution in [0.3, 0.4) is 0 Å². The molecule has 0 aliphatic carbocycles. The molecule has 2 aromatic heterocycles. The summed E-state index contributed by atoms with van der Waals surface area (Å²) in [7, 11) is 4.24. The van der Waals surface area contributed by atoms with Gasteiger partial charge in [0.2, 0.25) is 0 Å². The number of ether oxygens (including phenoxy) is 1. The van der Waals surface area contributed by atoms with Crippen molar-refractivity contribution in [1.82, 2.24) is 29.5 Å². The van der Waals surface area contributed by atoms with Gasteiger partial charge in [0.25, 0.3) is 5.56 Å². The molecule has 40 heavy (non-hydrogen) atoms. The Labute approximate surface area is 235 Å². The van der Waals surface area contributed by atoms with Gasteiger partial charge < -0.3 is 20.3 Å². The van der Waals surface area contributed by atoms with E-state index in [1.807, 2.05) is 48.5 Å². The Morgan fingerprint density at radius 2 is 1.73 bits per heavy atom. The molecule has 0 radical (unpaired) electrons. The Hall–Kier alpha value is -4.08. The molecule has 1 fully saturated rings. The highest BCUT2D eigenvalue weighted by molar-refractivity contribution is 5.63. The predicted octanol–water partition coefficient (Wildman–Crippen LogP) is 3.65. The van der Waals surface area contributed by atoms with Crippen LogP contribution in [0.25, 0.3) is 22.6 Å². The Morgan fingerprint density at radius 3 is 2.48 bits per heavy atom. The second-order valence-electron chi connectivity index (χ2n) is 10.7. The number of nitrogens with zero attached hydrogens (tertiary/aromatic N) is 6. The highest BCUT2D eigenvalue weighted by Gasteiger charge is 2.19. The van der Waals surface area contributed by atoms with Gasteiger partial charge in [-0.15, -0.1) is 0 Å². The summed E-state index contributed by atoms with van der Waals surface area (Å²) < 4.78 is 7.50. The van der Waals surface area contributed by atoms with Gasteiger partial charge in [0, 0.05) is 36.0 Å². The first-order chi connectivity index (χ1) is 19.4. The quantitative estimate of drug-likeness (QED) is 0.305. The molecule has 0 amide bonds. The molecule has 0 unspecified atom stereocenters. The molecule has 3 heterocycles. The van der Waals surface area contributed by atoms with E-state index in [0.29, 0.717) is 42.0 Å². The maximum Gasteiger partial charge on any atom is 0.267 e. The van der Waals surface area contributed by atoms with E-state index in [4.69, 9.17) is 10.5 Å². The normalized spacial score (nSPS) is 14.5. The monoisotopic (exact) mass is 539 g/mol. The summed E-state index contributed by atoms with van der Waals surface area (Å²) >= 11 is 0. The lowest BCUT2D eigenvalue weighted by molar-refractivity contribution is 0.134. The molecule has 1 aliphatic rings. The first-order valence-electron chi connectivity index (χ1n) is 13.8. The van der Waals surface area contributed by atoms with Gasteiger partial charge >= 0.3 is 0 Å². The fourth-order valence-corrected chi connectivity index (χ4v) is 4.87. The number of hydrogen-bond acceptors (Lipinski definition) is 8. The van der Waals surface area contributed by atoms with Crippen molar-refractivity contribution in [3.63, 3.8) is 0 Å². The smallest absolute Gasteiger partial charge is 0.267 e. The van der Waals surface area contributed by atoms with Crippen molar-refractivity contribution in [2.24, 2.45) is 5.92 Å². The molecule has 2 aromatic carbocycles. The van der Waals surface area contributed by atoms with E-state index in [9.17, 15) is 4.79 Å². The van der Waals surface area contributed by atoms with Gasteiger partial charge in [-0.25, -0.2) is 14.6 Å². The maximum atomic E-state index is 12.5. The van der Waals surface area contributed by atoms with Gasteiger partial charge in [-0.3, -0.25) is 4.79 Å². The van der Waals surface area contributed by atoms with E-state index >= 15 is 0 Å². The number of rotatable bonds is 10. The van der Waals surface area contributed by atoms with Gasteiger partial charge in [-0.05, 0) is 75.8 Å². The Morgan fingerprint density at radius 1 is 0.975 bits per heavy atom. The zero-order chi connectivity index (χ0) is 27.9. The lowest BCUT2D eigenvalue weighted by Crippen LogP contribution is -2.39. The molecule has 9 nitrogen and oxygen atoms in total. The highest BCUT2D eigenvalue weighted by atomic mass is 16.5. The van der Waals surface area contributed by atoms with Crippen LogP contribution in [-0.4, -0.2) is 76.4 Å². The molecule has 4 aromatic rings. The third-order valence-corrected chi connectivity index (χ3v) is 7.25. The minimum atomic E-state index is -0.171. The first-order valence-corrected chi connectivity index (χ1v) is 13.8. The summed E-state index contributed by atoms with van der Waals surface area (Å²) in [6.45, 7) is 5.50. The van der Waals surface area contributed by atoms with Crippen LogP contribution in [0.1, 0.15) is 18.4 Å². The third-order valence-electron chi connectivity index (χ3n) is 7.25. The van der Waals surface area contributed by atoms with Crippen LogP contribution in [0.2, 0.25) is 0 Å². The summed E-state index contributed by atoms with van der Waals surface area (Å²) in [5, 5.41) is 4.57. The standard InChI is InChI=1S/C31H37N7O2/c1-36(2)15-16-37-13-11-23(12-14-37)22-40-28-19-33-31(34-20-28)26-7-3-5-24(17-26)21-38-30(39)10-9-29(35-38)25-6-4-8-27(32)18-25/h3-10,17-20,23H,11-16,21-22,32H2,1-2H3. The number of nitrogens with two attached hydrogens (primary N) is 1. The van der Waals surface area contributed by atoms with E-state index in [1.165, 1.54) is 10.7 Å². The van der Waals surface area contributed by atoms with Crippen LogP contribution in [0.4, 0.5) is 5.69 Å². The van der Waals surface area contributed by atoms with Gasteiger partial charge in [0.1, 0.15) is 0 Å². The van der Waals surface area contributed by atoms with Crippen molar-refractivity contribution in [2.45, 2.75) is 19.4 Å². The molecule has 2 N–H and O–H groups in total. The van der Waals surface area contributed by atoms with Crippen molar-refractivity contribution in [3.8, 4) is 28.4 Å². The van der Waals surface area contributed by atoms with Crippen molar-refractivity contribution >= 4 is 5.69 Å². The molecule has 9 heteroatoms. The van der Waals surface area contributed by atoms with Crippen LogP contribution >= 0.6 is 0 Å². The van der Waals surface area contributed by atoms with Gasteiger partial charge in [-0.1, -0.05) is 30.3 Å². The number of benzene rings is 2.